The van der Waals surface area contributed by atoms with Gasteiger partial charge in [0, 0.05) is 56.8 Å². The van der Waals surface area contributed by atoms with E-state index in [0.29, 0.717) is 35.4 Å². The van der Waals surface area contributed by atoms with E-state index in [9.17, 15) is 19.2 Å². The fourth-order valence-electron chi connectivity index (χ4n) is 8.11. The van der Waals surface area contributed by atoms with Crippen LogP contribution < -0.4 is 10.2 Å². The van der Waals surface area contributed by atoms with Gasteiger partial charge in [-0.05, 0) is 115 Å². The molecule has 46 heavy (non-hydrogen) atoms. The highest BCUT2D eigenvalue weighted by Gasteiger charge is 2.40. The first-order chi connectivity index (χ1) is 21.9. The number of fused-ring (bicyclic) bond motifs is 1. The number of hydrogen-bond donors (Lipinski definition) is 1. The van der Waals surface area contributed by atoms with E-state index < -0.39 is 17.6 Å². The van der Waals surface area contributed by atoms with Crippen LogP contribution >= 0.6 is 11.6 Å². The quantitative estimate of drug-likeness (QED) is 0.427. The van der Waals surface area contributed by atoms with Gasteiger partial charge in [0.1, 0.15) is 11.6 Å². The molecule has 1 unspecified atom stereocenters. The summed E-state index contributed by atoms with van der Waals surface area (Å²) in [5.41, 5.74) is 1.87. The zero-order valence-corrected chi connectivity index (χ0v) is 28.4. The summed E-state index contributed by atoms with van der Waals surface area (Å²) >= 11 is 6.93. The SMILES string of the molecule is CC(C)(C)OC(=O)N1CCC(CC2CCN(CC3CCN(c4ccc5c(c4Cl)CN(C4CCC(=O)NC4=O)C5=O)CC3)CC2)CC1. The third kappa shape index (κ3) is 7.48. The molecule has 5 heterocycles. The first-order valence-electron chi connectivity index (χ1n) is 17.4. The number of likely N-dealkylation sites (tertiary alicyclic amines) is 2. The monoisotopic (exact) mass is 655 g/mol. The van der Waals surface area contributed by atoms with Crippen LogP contribution in [0.15, 0.2) is 12.1 Å². The van der Waals surface area contributed by atoms with E-state index >= 15 is 0 Å². The molecule has 5 aliphatic rings. The van der Waals surface area contributed by atoms with E-state index in [0.717, 1.165) is 75.6 Å². The van der Waals surface area contributed by atoms with Crippen LogP contribution in [0.3, 0.4) is 0 Å². The summed E-state index contributed by atoms with van der Waals surface area (Å²) in [7, 11) is 0. The molecule has 0 radical (unpaired) electrons. The number of carbonyl (C=O) groups is 4. The van der Waals surface area contributed by atoms with Gasteiger partial charge in [0.15, 0.2) is 0 Å². The fourth-order valence-corrected chi connectivity index (χ4v) is 8.46. The van der Waals surface area contributed by atoms with Gasteiger partial charge < -0.3 is 24.3 Å². The summed E-state index contributed by atoms with van der Waals surface area (Å²) in [5.74, 6) is 1.29. The molecule has 10 nitrogen and oxygen atoms in total. The number of imide groups is 1. The van der Waals surface area contributed by atoms with Gasteiger partial charge in [0.05, 0.1) is 10.7 Å². The van der Waals surface area contributed by atoms with Crippen molar-refractivity contribution in [2.45, 2.75) is 96.7 Å². The van der Waals surface area contributed by atoms with Crippen LogP contribution in [-0.4, -0.2) is 96.0 Å². The maximum absolute atomic E-state index is 13.2. The first-order valence-corrected chi connectivity index (χ1v) is 17.7. The minimum absolute atomic E-state index is 0.171. The molecule has 1 aromatic carbocycles. The fraction of sp³-hybridized carbons (Fsp3) is 0.714. The molecule has 0 saturated carbocycles. The van der Waals surface area contributed by atoms with Gasteiger partial charge in [-0.3, -0.25) is 19.7 Å². The van der Waals surface area contributed by atoms with Gasteiger partial charge in [0.2, 0.25) is 11.8 Å². The Balaban J connectivity index is 0.925. The number of benzene rings is 1. The molecule has 1 N–H and O–H groups in total. The molecule has 6 rings (SSSR count). The lowest BCUT2D eigenvalue weighted by Gasteiger charge is -2.40. The lowest BCUT2D eigenvalue weighted by Crippen LogP contribution is -2.52. The zero-order valence-electron chi connectivity index (χ0n) is 27.7. The highest BCUT2D eigenvalue weighted by molar-refractivity contribution is 6.35. The number of ether oxygens (including phenoxy) is 1. The number of hydrogen-bond acceptors (Lipinski definition) is 7. The predicted molar refractivity (Wildman–Crippen MR) is 177 cm³/mol. The Bertz CT molecular complexity index is 1320. The van der Waals surface area contributed by atoms with Crippen LogP contribution in [-0.2, 0) is 20.9 Å². The molecular formula is C35H50ClN5O5. The molecule has 4 saturated heterocycles. The Kier molecular flexibility index (Phi) is 9.86. The normalized spacial score (nSPS) is 24.4. The van der Waals surface area contributed by atoms with Gasteiger partial charge >= 0.3 is 6.09 Å². The second-order valence-electron chi connectivity index (χ2n) is 15.1. The maximum Gasteiger partial charge on any atom is 0.410 e. The third-order valence-electron chi connectivity index (χ3n) is 10.7. The Labute approximate surface area is 278 Å². The molecule has 252 valence electrons. The standard InChI is InChI=1S/C35H50ClN5O5/c1-35(2,3)46-34(45)40-18-10-24(11-19-40)20-23-8-14-38(15-9-23)21-25-12-16-39(17-13-25)28-5-4-26-27(31(28)36)22-41(33(26)44)29-6-7-30(42)37-32(29)43/h4-5,23-25,29H,6-22H2,1-3H3,(H,37,42,43). The third-order valence-corrected chi connectivity index (χ3v) is 11.2. The summed E-state index contributed by atoms with van der Waals surface area (Å²) in [6, 6.07) is 3.17. The Morgan fingerprint density at radius 3 is 2.15 bits per heavy atom. The average Bonchev–Trinajstić information content (AvgIpc) is 3.35. The molecule has 5 aliphatic heterocycles. The zero-order chi connectivity index (χ0) is 32.6. The lowest BCUT2D eigenvalue weighted by atomic mass is 9.82. The molecule has 0 aliphatic carbocycles. The maximum atomic E-state index is 13.2. The van der Waals surface area contributed by atoms with Crippen molar-refractivity contribution >= 4 is 41.1 Å². The van der Waals surface area contributed by atoms with Crippen molar-refractivity contribution in [3.05, 3.63) is 28.3 Å². The molecule has 4 amide bonds. The molecule has 1 aromatic rings. The number of rotatable bonds is 6. The molecule has 0 aromatic heterocycles. The van der Waals surface area contributed by atoms with Crippen LogP contribution in [0.4, 0.5) is 10.5 Å². The van der Waals surface area contributed by atoms with Gasteiger partial charge in [-0.1, -0.05) is 11.6 Å². The van der Waals surface area contributed by atoms with Crippen LogP contribution in [0, 0.1) is 17.8 Å². The van der Waals surface area contributed by atoms with Crippen LogP contribution in [0.2, 0.25) is 5.02 Å². The van der Waals surface area contributed by atoms with Crippen molar-refractivity contribution in [1.82, 2.24) is 20.0 Å². The van der Waals surface area contributed by atoms with Crippen molar-refractivity contribution in [3.63, 3.8) is 0 Å². The van der Waals surface area contributed by atoms with E-state index in [-0.39, 0.29) is 24.3 Å². The number of piperidine rings is 4. The van der Waals surface area contributed by atoms with Crippen molar-refractivity contribution in [1.29, 1.82) is 0 Å². The highest BCUT2D eigenvalue weighted by atomic mass is 35.5. The number of nitrogens with zero attached hydrogens (tertiary/aromatic N) is 4. The van der Waals surface area contributed by atoms with Crippen molar-refractivity contribution in [2.24, 2.45) is 17.8 Å². The largest absolute Gasteiger partial charge is 0.444 e. The molecule has 0 spiro atoms. The molecular weight excluding hydrogens is 606 g/mol. The van der Waals surface area contributed by atoms with Crippen molar-refractivity contribution in [3.8, 4) is 0 Å². The molecule has 1 atom stereocenters. The van der Waals surface area contributed by atoms with Gasteiger partial charge in [0.25, 0.3) is 5.91 Å². The van der Waals surface area contributed by atoms with E-state index in [2.05, 4.69) is 15.1 Å². The van der Waals surface area contributed by atoms with E-state index in [1.807, 2.05) is 37.8 Å². The number of anilines is 1. The second kappa shape index (κ2) is 13.7. The van der Waals surface area contributed by atoms with E-state index in [4.69, 9.17) is 16.3 Å². The summed E-state index contributed by atoms with van der Waals surface area (Å²) in [5, 5.41) is 2.97. The first kappa shape index (κ1) is 33.1. The minimum Gasteiger partial charge on any atom is -0.444 e. The second-order valence-corrected chi connectivity index (χ2v) is 15.5. The van der Waals surface area contributed by atoms with Gasteiger partial charge in [-0.25, -0.2) is 4.79 Å². The van der Waals surface area contributed by atoms with Crippen LogP contribution in [0.5, 0.6) is 0 Å². The summed E-state index contributed by atoms with van der Waals surface area (Å²) in [4.78, 5) is 58.0. The average molecular weight is 656 g/mol. The van der Waals surface area contributed by atoms with Gasteiger partial charge in [-0.15, -0.1) is 0 Å². The number of carbonyl (C=O) groups excluding carboxylic acids is 4. The lowest BCUT2D eigenvalue weighted by molar-refractivity contribution is -0.136. The smallest absolute Gasteiger partial charge is 0.410 e. The van der Waals surface area contributed by atoms with Crippen molar-refractivity contribution < 1.29 is 23.9 Å². The van der Waals surface area contributed by atoms with Crippen molar-refractivity contribution in [2.75, 3.05) is 50.7 Å². The van der Waals surface area contributed by atoms with Crippen LogP contribution in [0.1, 0.15) is 94.5 Å². The Morgan fingerprint density at radius 2 is 1.52 bits per heavy atom. The Morgan fingerprint density at radius 1 is 0.891 bits per heavy atom. The molecule has 4 fully saturated rings. The van der Waals surface area contributed by atoms with Crippen LogP contribution in [0.25, 0.3) is 0 Å². The van der Waals surface area contributed by atoms with E-state index in [1.165, 1.54) is 32.4 Å². The summed E-state index contributed by atoms with van der Waals surface area (Å²) in [6.07, 6.45) is 8.63. The topological polar surface area (TPSA) is 102 Å². The highest BCUT2D eigenvalue weighted by Crippen LogP contribution is 2.39. The number of halogens is 1. The Hall–Kier alpha value is -2.85. The minimum atomic E-state index is -0.637. The molecule has 0 bridgehead atoms. The number of amides is 4. The number of nitrogens with one attached hydrogen (secondary N) is 1. The predicted octanol–water partition coefficient (Wildman–Crippen LogP) is 5.07. The van der Waals surface area contributed by atoms with Gasteiger partial charge in [-0.2, -0.15) is 0 Å². The summed E-state index contributed by atoms with van der Waals surface area (Å²) in [6.45, 7) is 13.1. The summed E-state index contributed by atoms with van der Waals surface area (Å²) < 4.78 is 5.56. The molecule has 11 heteroatoms. The van der Waals surface area contributed by atoms with E-state index in [1.54, 1.807) is 4.90 Å².